The summed E-state index contributed by atoms with van der Waals surface area (Å²) in [6.45, 7) is 10.6. The maximum absolute atomic E-state index is 12.8. The van der Waals surface area contributed by atoms with E-state index in [2.05, 4.69) is 27.4 Å². The molecule has 0 fully saturated rings. The van der Waals surface area contributed by atoms with E-state index in [4.69, 9.17) is 14.2 Å². The van der Waals surface area contributed by atoms with Crippen molar-refractivity contribution in [2.24, 2.45) is 5.92 Å². The number of esters is 3. The molecule has 0 aromatic heterocycles. The average molecular weight is 607 g/mol. The first kappa shape index (κ1) is 33.2. The van der Waals surface area contributed by atoms with Crippen molar-refractivity contribution in [1.29, 1.82) is 0 Å². The second-order valence-corrected chi connectivity index (χ2v) is 11.6. The van der Waals surface area contributed by atoms with Crippen molar-refractivity contribution >= 4 is 28.7 Å². The van der Waals surface area contributed by atoms with Crippen LogP contribution in [0.4, 0.5) is 0 Å². The maximum atomic E-state index is 12.8. The van der Waals surface area contributed by atoms with Gasteiger partial charge in [0.1, 0.15) is 17.2 Å². The van der Waals surface area contributed by atoms with Crippen molar-refractivity contribution in [2.45, 2.75) is 72.1 Å². The lowest BCUT2D eigenvalue weighted by molar-refractivity contribution is -0.134. The van der Waals surface area contributed by atoms with Gasteiger partial charge in [0, 0.05) is 6.42 Å². The molecule has 4 rings (SSSR count). The quantitative estimate of drug-likeness (QED) is 0.0761. The van der Waals surface area contributed by atoms with E-state index < -0.39 is 11.9 Å². The summed E-state index contributed by atoms with van der Waals surface area (Å²) in [7, 11) is 0. The van der Waals surface area contributed by atoms with E-state index in [1.807, 2.05) is 18.2 Å². The molecule has 6 heteroatoms. The molecule has 0 N–H and O–H groups in total. The first-order valence-corrected chi connectivity index (χ1v) is 15.8. The molecule has 0 radical (unpaired) electrons. The van der Waals surface area contributed by atoms with Crippen LogP contribution in [0.15, 0.2) is 97.1 Å². The Kier molecular flexibility index (Phi) is 12.1. The maximum Gasteiger partial charge on any atom is 0.343 e. The monoisotopic (exact) mass is 606 g/mol. The number of hydrogen-bond acceptors (Lipinski definition) is 6. The van der Waals surface area contributed by atoms with Gasteiger partial charge in [-0.05, 0) is 109 Å². The number of rotatable bonds is 15. The summed E-state index contributed by atoms with van der Waals surface area (Å²) in [5, 5.41) is 1.65. The molecular weight excluding hydrogens is 564 g/mol. The molecule has 0 bridgehead atoms. The predicted molar refractivity (Wildman–Crippen MR) is 178 cm³/mol. The molecule has 0 aliphatic heterocycles. The summed E-state index contributed by atoms with van der Waals surface area (Å²) in [6.07, 6.45) is 7.34. The molecule has 234 valence electrons. The second kappa shape index (κ2) is 16.4. The van der Waals surface area contributed by atoms with E-state index in [9.17, 15) is 14.4 Å². The summed E-state index contributed by atoms with van der Waals surface area (Å²) in [4.78, 5) is 37.6. The molecule has 0 heterocycles. The average Bonchev–Trinajstić information content (AvgIpc) is 3.04. The van der Waals surface area contributed by atoms with E-state index in [1.165, 1.54) is 5.57 Å². The number of fused-ring (bicyclic) bond motifs is 1. The highest BCUT2D eigenvalue weighted by molar-refractivity contribution is 5.94. The highest BCUT2D eigenvalue weighted by Crippen LogP contribution is 2.27. The van der Waals surface area contributed by atoms with Gasteiger partial charge in [-0.2, -0.15) is 0 Å². The van der Waals surface area contributed by atoms with E-state index >= 15 is 0 Å². The predicted octanol–water partition coefficient (Wildman–Crippen LogP) is 9.69. The Labute approximate surface area is 266 Å². The normalized spacial score (nSPS) is 11.5. The van der Waals surface area contributed by atoms with Gasteiger partial charge in [-0.15, -0.1) is 0 Å². The highest BCUT2D eigenvalue weighted by atomic mass is 16.5. The van der Waals surface area contributed by atoms with Crippen LogP contribution in [0.5, 0.6) is 17.2 Å². The standard InChI is InChI=1S/C39H42O6/c1-5-7-9-28(4)24-29-12-14-30(15-13-29)38(41)44-35-22-18-33-26-36(23-19-32(33)25-35)45-39(42)31-16-20-34(21-17-31)43-37(40)11-8-10-27(3)6-2/h12-23,25-27H,4-11,24H2,1-3H3. The molecule has 0 spiro atoms. The van der Waals surface area contributed by atoms with Crippen molar-refractivity contribution in [3.8, 4) is 17.2 Å². The van der Waals surface area contributed by atoms with Gasteiger partial charge in [0.15, 0.2) is 0 Å². The Morgan fingerprint density at radius 3 is 1.73 bits per heavy atom. The molecule has 0 aliphatic rings. The van der Waals surface area contributed by atoms with Crippen LogP contribution in [0.2, 0.25) is 0 Å². The Hall–Kier alpha value is -4.71. The molecule has 0 aliphatic carbocycles. The molecule has 4 aromatic carbocycles. The molecule has 6 nitrogen and oxygen atoms in total. The summed E-state index contributed by atoms with van der Waals surface area (Å²) >= 11 is 0. The lowest BCUT2D eigenvalue weighted by Gasteiger charge is -2.09. The Morgan fingerprint density at radius 1 is 0.667 bits per heavy atom. The molecule has 0 saturated carbocycles. The Balaban J connectivity index is 1.30. The van der Waals surface area contributed by atoms with Gasteiger partial charge in [0.25, 0.3) is 0 Å². The second-order valence-electron chi connectivity index (χ2n) is 11.6. The number of hydrogen-bond donors (Lipinski definition) is 0. The van der Waals surface area contributed by atoms with Crippen molar-refractivity contribution in [1.82, 2.24) is 0 Å². The Morgan fingerprint density at radius 2 is 1.20 bits per heavy atom. The van der Waals surface area contributed by atoms with Crippen LogP contribution in [0.25, 0.3) is 10.8 Å². The summed E-state index contributed by atoms with van der Waals surface area (Å²) < 4.78 is 16.6. The minimum absolute atomic E-state index is 0.281. The van der Waals surface area contributed by atoms with Gasteiger partial charge in [-0.25, -0.2) is 9.59 Å². The van der Waals surface area contributed by atoms with Crippen molar-refractivity contribution in [3.05, 3.63) is 114 Å². The number of carbonyl (C=O) groups is 3. The fraction of sp³-hybridized carbons (Fsp3) is 0.308. The number of unbranched alkanes of at least 4 members (excludes halogenated alkanes) is 1. The zero-order chi connectivity index (χ0) is 32.2. The molecule has 1 atom stereocenters. The molecule has 0 amide bonds. The number of allylic oxidation sites excluding steroid dienone is 1. The third-order valence-electron chi connectivity index (χ3n) is 7.83. The van der Waals surface area contributed by atoms with Crippen molar-refractivity contribution in [2.75, 3.05) is 0 Å². The lowest BCUT2D eigenvalue weighted by atomic mass is 10.0. The summed E-state index contributed by atoms with van der Waals surface area (Å²) in [6, 6.07) is 24.3. The fourth-order valence-electron chi connectivity index (χ4n) is 4.86. The third-order valence-corrected chi connectivity index (χ3v) is 7.83. The fourth-order valence-corrected chi connectivity index (χ4v) is 4.86. The van der Waals surface area contributed by atoms with Crippen LogP contribution < -0.4 is 14.2 Å². The van der Waals surface area contributed by atoms with Gasteiger partial charge in [0.05, 0.1) is 11.1 Å². The van der Waals surface area contributed by atoms with Crippen LogP contribution in [0.3, 0.4) is 0 Å². The van der Waals surface area contributed by atoms with E-state index in [0.29, 0.717) is 40.7 Å². The van der Waals surface area contributed by atoms with Crippen LogP contribution in [0.1, 0.15) is 92.0 Å². The largest absolute Gasteiger partial charge is 0.427 e. The van der Waals surface area contributed by atoms with Crippen molar-refractivity contribution < 1.29 is 28.6 Å². The summed E-state index contributed by atoms with van der Waals surface area (Å²) in [5.41, 5.74) is 3.13. The molecule has 1 unspecified atom stereocenters. The van der Waals surface area contributed by atoms with E-state index in [1.54, 1.807) is 66.7 Å². The number of carbonyl (C=O) groups excluding carboxylic acids is 3. The zero-order valence-corrected chi connectivity index (χ0v) is 26.5. The first-order chi connectivity index (χ1) is 21.7. The van der Waals surface area contributed by atoms with Crippen LogP contribution in [-0.4, -0.2) is 17.9 Å². The molecular formula is C39H42O6. The van der Waals surface area contributed by atoms with Gasteiger partial charge in [0.2, 0.25) is 0 Å². The van der Waals surface area contributed by atoms with Gasteiger partial charge >= 0.3 is 17.9 Å². The number of benzene rings is 4. The smallest absolute Gasteiger partial charge is 0.343 e. The minimum atomic E-state index is -0.525. The Bertz CT molecular complexity index is 1620. The molecule has 0 saturated heterocycles. The topological polar surface area (TPSA) is 78.9 Å². The minimum Gasteiger partial charge on any atom is -0.427 e. The van der Waals surface area contributed by atoms with Crippen LogP contribution >= 0.6 is 0 Å². The van der Waals surface area contributed by atoms with Crippen LogP contribution in [-0.2, 0) is 11.2 Å². The third kappa shape index (κ3) is 10.2. The lowest BCUT2D eigenvalue weighted by Crippen LogP contribution is -2.10. The van der Waals surface area contributed by atoms with E-state index in [0.717, 1.165) is 61.3 Å². The SMILES string of the molecule is C=C(CCCC)Cc1ccc(C(=O)Oc2ccc3cc(OC(=O)c4ccc(OC(=O)CCCC(C)CC)cc4)ccc3c2)cc1. The zero-order valence-electron chi connectivity index (χ0n) is 26.5. The molecule has 4 aromatic rings. The molecule has 45 heavy (non-hydrogen) atoms. The first-order valence-electron chi connectivity index (χ1n) is 15.8. The van der Waals surface area contributed by atoms with Gasteiger partial charge in [-0.1, -0.05) is 76.5 Å². The van der Waals surface area contributed by atoms with Crippen LogP contribution in [0, 0.1) is 5.92 Å². The number of ether oxygens (including phenoxy) is 3. The van der Waals surface area contributed by atoms with Gasteiger partial charge in [-0.3, -0.25) is 4.79 Å². The van der Waals surface area contributed by atoms with Gasteiger partial charge < -0.3 is 14.2 Å². The summed E-state index contributed by atoms with van der Waals surface area (Å²) in [5.74, 6) is 0.548. The van der Waals surface area contributed by atoms with Crippen molar-refractivity contribution in [3.63, 3.8) is 0 Å². The highest BCUT2D eigenvalue weighted by Gasteiger charge is 2.13. The van der Waals surface area contributed by atoms with E-state index in [-0.39, 0.29) is 5.97 Å².